The molecule has 0 radical (unpaired) electrons. The highest BCUT2D eigenvalue weighted by Crippen LogP contribution is 2.28. The van der Waals surface area contributed by atoms with Crippen LogP contribution < -0.4 is 10.6 Å². The third-order valence-corrected chi connectivity index (χ3v) is 4.44. The molecular weight excluding hydrogens is 361 g/mol. The van der Waals surface area contributed by atoms with Gasteiger partial charge in [0, 0.05) is 31.2 Å². The number of hydrogen-bond donors (Lipinski definition) is 2. The lowest BCUT2D eigenvalue weighted by atomic mass is 9.99. The van der Waals surface area contributed by atoms with Gasteiger partial charge < -0.3 is 10.1 Å². The Kier molecular flexibility index (Phi) is 5.69. The van der Waals surface area contributed by atoms with Crippen LogP contribution in [0.4, 0.5) is 23.8 Å². The number of carbonyl (C=O) groups is 1. The second-order valence-electron chi connectivity index (χ2n) is 6.51. The summed E-state index contributed by atoms with van der Waals surface area (Å²) < 4.78 is 48.3. The highest BCUT2D eigenvalue weighted by Gasteiger charge is 2.32. The molecule has 0 bridgehead atoms. The van der Waals surface area contributed by atoms with Crippen LogP contribution in [0.2, 0.25) is 0 Å². The molecule has 2 N–H and O–H groups in total. The van der Waals surface area contributed by atoms with Crippen LogP contribution in [0.1, 0.15) is 30.0 Å². The molecule has 1 saturated heterocycles. The van der Waals surface area contributed by atoms with Crippen molar-refractivity contribution < 1.29 is 22.7 Å². The number of amides is 2. The molecule has 27 heavy (non-hydrogen) atoms. The van der Waals surface area contributed by atoms with Gasteiger partial charge in [-0.1, -0.05) is 12.1 Å². The van der Waals surface area contributed by atoms with Crippen molar-refractivity contribution in [1.82, 2.24) is 15.1 Å². The van der Waals surface area contributed by atoms with E-state index in [1.54, 1.807) is 13.1 Å². The van der Waals surface area contributed by atoms with Crippen molar-refractivity contribution in [3.63, 3.8) is 0 Å². The molecule has 3 rings (SSSR count). The van der Waals surface area contributed by atoms with E-state index in [0.29, 0.717) is 12.4 Å². The predicted molar refractivity (Wildman–Crippen MR) is 93.3 cm³/mol. The van der Waals surface area contributed by atoms with E-state index < -0.39 is 29.9 Å². The Morgan fingerprint density at radius 2 is 2.22 bits per heavy atom. The fourth-order valence-corrected chi connectivity index (χ4v) is 2.95. The zero-order valence-corrected chi connectivity index (χ0v) is 14.8. The first kappa shape index (κ1) is 19.2. The summed E-state index contributed by atoms with van der Waals surface area (Å²) in [5.41, 5.74) is 0.292. The third-order valence-electron chi connectivity index (χ3n) is 4.44. The molecule has 1 fully saturated rings. The average molecular weight is 382 g/mol. The fraction of sp³-hybridized carbons (Fsp3) is 0.444. The zero-order chi connectivity index (χ0) is 19.4. The number of rotatable bonds is 5. The smallest absolute Gasteiger partial charge is 0.320 e. The number of nitrogens with zero attached hydrogens (tertiary/aromatic N) is 2. The quantitative estimate of drug-likeness (QED) is 0.833. The van der Waals surface area contributed by atoms with Crippen LogP contribution >= 0.6 is 0 Å². The van der Waals surface area contributed by atoms with Crippen molar-refractivity contribution >= 4 is 11.8 Å². The van der Waals surface area contributed by atoms with E-state index in [9.17, 15) is 18.0 Å². The zero-order valence-electron chi connectivity index (χ0n) is 14.8. The minimum absolute atomic E-state index is 0.154. The highest BCUT2D eigenvalue weighted by atomic mass is 19.3. The first-order chi connectivity index (χ1) is 12.8. The van der Waals surface area contributed by atoms with Gasteiger partial charge in [0.2, 0.25) is 0 Å². The fourth-order valence-electron chi connectivity index (χ4n) is 2.95. The molecule has 1 aromatic carbocycles. The molecule has 6 nitrogen and oxygen atoms in total. The van der Waals surface area contributed by atoms with Crippen LogP contribution in [-0.4, -0.2) is 35.6 Å². The summed E-state index contributed by atoms with van der Waals surface area (Å²) in [5, 5.41) is 8.98. The van der Waals surface area contributed by atoms with Crippen molar-refractivity contribution in [2.75, 3.05) is 25.1 Å². The lowest BCUT2D eigenvalue weighted by Gasteiger charge is -2.19. The van der Waals surface area contributed by atoms with Gasteiger partial charge in [0.05, 0.1) is 18.8 Å². The Balaban J connectivity index is 1.58. The number of nitrogens with one attached hydrogen (secondary N) is 2. The van der Waals surface area contributed by atoms with E-state index in [1.807, 2.05) is 0 Å². The summed E-state index contributed by atoms with van der Waals surface area (Å²) >= 11 is 0. The second kappa shape index (κ2) is 7.99. The maximum absolute atomic E-state index is 14.1. The number of urea groups is 1. The van der Waals surface area contributed by atoms with Crippen LogP contribution in [0, 0.1) is 5.82 Å². The molecule has 1 aliphatic heterocycles. The maximum Gasteiger partial charge on any atom is 0.320 e. The number of aryl methyl sites for hydroxylation is 1. The van der Waals surface area contributed by atoms with Gasteiger partial charge in [-0.3, -0.25) is 10.00 Å². The van der Waals surface area contributed by atoms with Gasteiger partial charge in [0.25, 0.3) is 5.92 Å². The van der Waals surface area contributed by atoms with E-state index >= 15 is 0 Å². The van der Waals surface area contributed by atoms with Crippen molar-refractivity contribution in [2.24, 2.45) is 7.05 Å². The monoisotopic (exact) mass is 382 g/mol. The molecule has 9 heteroatoms. The summed E-state index contributed by atoms with van der Waals surface area (Å²) in [6.07, 6.45) is 1.89. The molecule has 146 valence electrons. The number of aromatic nitrogens is 2. The molecule has 0 saturated carbocycles. The lowest BCUT2D eigenvalue weighted by Crippen LogP contribution is -2.38. The van der Waals surface area contributed by atoms with Gasteiger partial charge >= 0.3 is 6.03 Å². The van der Waals surface area contributed by atoms with E-state index in [1.165, 1.54) is 10.7 Å². The Hall–Kier alpha value is -2.55. The molecule has 0 spiro atoms. The minimum Gasteiger partial charge on any atom is -0.381 e. The Labute approximate surface area is 154 Å². The van der Waals surface area contributed by atoms with Gasteiger partial charge in [0.15, 0.2) is 0 Å². The van der Waals surface area contributed by atoms with E-state index in [-0.39, 0.29) is 5.92 Å². The van der Waals surface area contributed by atoms with Gasteiger partial charge in [-0.2, -0.15) is 13.9 Å². The minimum atomic E-state index is -3.39. The first-order valence-corrected chi connectivity index (χ1v) is 8.65. The molecular formula is C18H21F3N4O2. The second-order valence-corrected chi connectivity index (χ2v) is 6.51. The number of anilines is 1. The molecule has 1 aliphatic rings. The summed E-state index contributed by atoms with van der Waals surface area (Å²) in [5.74, 6) is -3.61. The van der Waals surface area contributed by atoms with E-state index in [4.69, 9.17) is 4.74 Å². The van der Waals surface area contributed by atoms with E-state index in [0.717, 1.165) is 43.3 Å². The predicted octanol–water partition coefficient (Wildman–Crippen LogP) is 3.37. The van der Waals surface area contributed by atoms with Crippen molar-refractivity contribution in [3.8, 4) is 0 Å². The van der Waals surface area contributed by atoms with Crippen LogP contribution in [0.5, 0.6) is 0 Å². The largest absolute Gasteiger partial charge is 0.381 e. The molecule has 2 aromatic rings. The molecule has 1 aromatic heterocycles. The van der Waals surface area contributed by atoms with E-state index in [2.05, 4.69) is 15.7 Å². The Morgan fingerprint density at radius 3 is 2.93 bits per heavy atom. The van der Waals surface area contributed by atoms with Crippen LogP contribution in [0.3, 0.4) is 0 Å². The van der Waals surface area contributed by atoms with Crippen molar-refractivity contribution in [3.05, 3.63) is 47.4 Å². The standard InChI is InChI=1S/C18H21F3N4O2/c1-25-16(9-15(24-25)12-4-3-7-27-10-12)23-17(26)22-11-18(20,21)13-5-2-6-14(19)8-13/h2,5-6,8-9,12H,3-4,7,10-11H2,1H3,(H2,22,23,26). The van der Waals surface area contributed by atoms with Crippen LogP contribution in [0.15, 0.2) is 30.3 Å². The van der Waals surface area contributed by atoms with Gasteiger partial charge in [-0.25, -0.2) is 9.18 Å². The van der Waals surface area contributed by atoms with Crippen molar-refractivity contribution in [1.29, 1.82) is 0 Å². The number of carbonyl (C=O) groups excluding carboxylic acids is 1. The number of alkyl halides is 2. The Bertz CT molecular complexity index is 804. The van der Waals surface area contributed by atoms with Gasteiger partial charge in [0.1, 0.15) is 11.6 Å². The highest BCUT2D eigenvalue weighted by molar-refractivity contribution is 5.88. The average Bonchev–Trinajstić information content (AvgIpc) is 3.01. The molecule has 1 unspecified atom stereocenters. The van der Waals surface area contributed by atoms with Crippen LogP contribution in [0.25, 0.3) is 0 Å². The third kappa shape index (κ3) is 4.79. The molecule has 0 aliphatic carbocycles. The lowest BCUT2D eigenvalue weighted by molar-refractivity contribution is -0.000376. The van der Waals surface area contributed by atoms with Crippen LogP contribution in [-0.2, 0) is 17.7 Å². The number of halogens is 3. The molecule has 2 heterocycles. The number of benzene rings is 1. The number of hydrogen-bond acceptors (Lipinski definition) is 3. The summed E-state index contributed by atoms with van der Waals surface area (Å²) in [6, 6.07) is 5.06. The summed E-state index contributed by atoms with van der Waals surface area (Å²) in [4.78, 5) is 12.0. The summed E-state index contributed by atoms with van der Waals surface area (Å²) in [7, 11) is 1.66. The maximum atomic E-state index is 14.1. The summed E-state index contributed by atoms with van der Waals surface area (Å²) in [6.45, 7) is 0.350. The number of ether oxygens (including phenoxy) is 1. The SMILES string of the molecule is Cn1nc(C2CCCOC2)cc1NC(=O)NCC(F)(F)c1cccc(F)c1. The van der Waals surface area contributed by atoms with Crippen molar-refractivity contribution in [2.45, 2.75) is 24.7 Å². The van der Waals surface area contributed by atoms with Gasteiger partial charge in [-0.05, 0) is 25.0 Å². The topological polar surface area (TPSA) is 68.2 Å². The molecule has 2 amide bonds. The Morgan fingerprint density at radius 1 is 1.41 bits per heavy atom. The normalized spacial score (nSPS) is 17.6. The first-order valence-electron chi connectivity index (χ1n) is 8.65. The molecule has 1 atom stereocenters. The van der Waals surface area contributed by atoms with Gasteiger partial charge in [-0.15, -0.1) is 0 Å².